The molecule has 1 rings (SSSR count). The molecule has 0 spiro atoms. The van der Waals surface area contributed by atoms with E-state index >= 15 is 0 Å². The Morgan fingerprint density at radius 2 is 1.33 bits per heavy atom. The van der Waals surface area contributed by atoms with Crippen LogP contribution >= 0.6 is 0 Å². The topological polar surface area (TPSA) is 35.5 Å². The fraction of sp³-hybridized carbons (Fsp3) is 1.00. The molecule has 0 unspecified atom stereocenters. The summed E-state index contributed by atoms with van der Waals surface area (Å²) in [4.78, 5) is 0. The highest BCUT2D eigenvalue weighted by atomic mass is 32.2. The van der Waals surface area contributed by atoms with Crippen LogP contribution in [0.25, 0.3) is 0 Å². The van der Waals surface area contributed by atoms with E-state index in [1.165, 1.54) is 0 Å². The molecule has 12 heavy (non-hydrogen) atoms. The Morgan fingerprint density at radius 1 is 1.00 bits per heavy atom. The SMILES string of the molecule is CC1(C)CCC(C)(C)OS(=O)O1. The Balaban J connectivity index is 2.72. The first-order chi connectivity index (χ1) is 5.31. The summed E-state index contributed by atoms with van der Waals surface area (Å²) in [6.07, 6.45) is 1.73. The average molecular weight is 192 g/mol. The highest BCUT2D eigenvalue weighted by molar-refractivity contribution is 7.75. The van der Waals surface area contributed by atoms with Gasteiger partial charge >= 0.3 is 11.4 Å². The third-order valence-electron chi connectivity index (χ3n) is 1.92. The summed E-state index contributed by atoms with van der Waals surface area (Å²) >= 11 is -1.60. The van der Waals surface area contributed by atoms with Gasteiger partial charge in [0.05, 0.1) is 11.2 Å². The minimum atomic E-state index is -1.60. The van der Waals surface area contributed by atoms with Gasteiger partial charge in [-0.05, 0) is 40.5 Å². The van der Waals surface area contributed by atoms with Gasteiger partial charge in [0.2, 0.25) is 0 Å². The molecule has 1 aliphatic heterocycles. The van der Waals surface area contributed by atoms with Gasteiger partial charge in [-0.2, -0.15) is 4.21 Å². The molecular weight excluding hydrogens is 176 g/mol. The minimum Gasteiger partial charge on any atom is -0.262 e. The van der Waals surface area contributed by atoms with Crippen molar-refractivity contribution in [1.82, 2.24) is 0 Å². The molecule has 3 nitrogen and oxygen atoms in total. The molecule has 1 fully saturated rings. The molecule has 0 bridgehead atoms. The normalized spacial score (nSPS) is 29.7. The van der Waals surface area contributed by atoms with E-state index in [-0.39, 0.29) is 11.2 Å². The highest BCUT2D eigenvalue weighted by Gasteiger charge is 2.34. The van der Waals surface area contributed by atoms with Crippen molar-refractivity contribution in [1.29, 1.82) is 0 Å². The zero-order chi connectivity index (χ0) is 9.41. The summed E-state index contributed by atoms with van der Waals surface area (Å²) in [6, 6.07) is 0. The molecule has 1 saturated heterocycles. The van der Waals surface area contributed by atoms with E-state index in [0.29, 0.717) is 0 Å². The fourth-order valence-corrected chi connectivity index (χ4v) is 2.01. The van der Waals surface area contributed by atoms with Crippen LogP contribution in [0, 0.1) is 0 Å². The summed E-state index contributed by atoms with van der Waals surface area (Å²) in [5.74, 6) is 0. The fourth-order valence-electron chi connectivity index (χ4n) is 1.07. The van der Waals surface area contributed by atoms with Crippen molar-refractivity contribution in [2.45, 2.75) is 51.7 Å². The predicted octanol–water partition coefficient (Wildman–Crippen LogP) is 1.95. The van der Waals surface area contributed by atoms with Crippen molar-refractivity contribution in [2.24, 2.45) is 0 Å². The molecule has 0 N–H and O–H groups in total. The lowest BCUT2D eigenvalue weighted by molar-refractivity contribution is 0.110. The van der Waals surface area contributed by atoms with Gasteiger partial charge in [0, 0.05) is 0 Å². The Bertz CT molecular complexity index is 178. The predicted molar refractivity (Wildman–Crippen MR) is 47.7 cm³/mol. The van der Waals surface area contributed by atoms with Gasteiger partial charge in [-0.25, -0.2) is 0 Å². The van der Waals surface area contributed by atoms with Crippen molar-refractivity contribution in [2.75, 3.05) is 0 Å². The number of hydrogen-bond donors (Lipinski definition) is 0. The van der Waals surface area contributed by atoms with Crippen molar-refractivity contribution in [3.05, 3.63) is 0 Å². The molecule has 0 amide bonds. The number of rotatable bonds is 0. The van der Waals surface area contributed by atoms with Crippen LogP contribution < -0.4 is 0 Å². The summed E-state index contributed by atoms with van der Waals surface area (Å²) in [5.41, 5.74) is -0.669. The van der Waals surface area contributed by atoms with Crippen LogP contribution in [0.5, 0.6) is 0 Å². The zero-order valence-corrected chi connectivity index (χ0v) is 8.86. The summed E-state index contributed by atoms with van der Waals surface area (Å²) in [6.45, 7) is 7.70. The van der Waals surface area contributed by atoms with Crippen molar-refractivity contribution in [3.8, 4) is 0 Å². The highest BCUT2D eigenvalue weighted by Crippen LogP contribution is 2.30. The van der Waals surface area contributed by atoms with Gasteiger partial charge in [0.25, 0.3) is 0 Å². The Kier molecular flexibility index (Phi) is 2.61. The molecule has 0 aliphatic carbocycles. The van der Waals surface area contributed by atoms with Gasteiger partial charge in [-0.1, -0.05) is 0 Å². The second-order valence-corrected chi connectivity index (χ2v) is 5.13. The third-order valence-corrected chi connectivity index (χ3v) is 3.09. The van der Waals surface area contributed by atoms with Crippen LogP contribution in [0.1, 0.15) is 40.5 Å². The maximum atomic E-state index is 11.2. The van der Waals surface area contributed by atoms with Gasteiger partial charge in [0.1, 0.15) is 0 Å². The van der Waals surface area contributed by atoms with E-state index in [1.54, 1.807) is 0 Å². The third kappa shape index (κ3) is 2.84. The summed E-state index contributed by atoms with van der Waals surface area (Å²) < 4.78 is 21.5. The van der Waals surface area contributed by atoms with Crippen molar-refractivity contribution in [3.63, 3.8) is 0 Å². The Hall–Kier alpha value is 0.0700. The lowest BCUT2D eigenvalue weighted by Crippen LogP contribution is -2.23. The first-order valence-corrected chi connectivity index (χ1v) is 5.12. The molecule has 72 valence electrons. The van der Waals surface area contributed by atoms with Gasteiger partial charge in [0.15, 0.2) is 0 Å². The van der Waals surface area contributed by atoms with Crippen LogP contribution in [0.2, 0.25) is 0 Å². The molecule has 4 heteroatoms. The molecule has 0 saturated carbocycles. The second kappa shape index (κ2) is 3.09. The van der Waals surface area contributed by atoms with Crippen LogP contribution in [0.15, 0.2) is 0 Å². The summed E-state index contributed by atoms with van der Waals surface area (Å²) in [7, 11) is 0. The van der Waals surface area contributed by atoms with E-state index < -0.39 is 11.4 Å². The lowest BCUT2D eigenvalue weighted by atomic mass is 9.94. The minimum absolute atomic E-state index is 0.335. The van der Waals surface area contributed by atoms with Crippen molar-refractivity contribution < 1.29 is 12.6 Å². The quantitative estimate of drug-likeness (QED) is 0.588. The van der Waals surface area contributed by atoms with Gasteiger partial charge in [-0.15, -0.1) is 0 Å². The Morgan fingerprint density at radius 3 is 1.67 bits per heavy atom. The van der Waals surface area contributed by atoms with Crippen LogP contribution in [0.4, 0.5) is 0 Å². The lowest BCUT2D eigenvalue weighted by Gasteiger charge is -2.20. The molecule has 0 aromatic heterocycles. The van der Waals surface area contributed by atoms with Gasteiger partial charge in [-0.3, -0.25) is 8.37 Å². The maximum absolute atomic E-state index is 11.2. The first kappa shape index (κ1) is 10.2. The zero-order valence-electron chi connectivity index (χ0n) is 8.05. The smallest absolute Gasteiger partial charge is 0.262 e. The Labute approximate surface area is 76.3 Å². The van der Waals surface area contributed by atoms with Gasteiger partial charge < -0.3 is 0 Å². The second-order valence-electron chi connectivity index (χ2n) is 4.39. The van der Waals surface area contributed by atoms with E-state index in [2.05, 4.69) is 0 Å². The molecule has 0 aromatic rings. The standard InChI is InChI=1S/C8H16O3S/c1-7(2)5-6-8(3,4)11-12(9)10-7/h5-6H2,1-4H3. The first-order valence-electron chi connectivity index (χ1n) is 4.12. The largest absolute Gasteiger partial charge is 0.305 e. The summed E-state index contributed by atoms with van der Waals surface area (Å²) in [5, 5.41) is 0. The van der Waals surface area contributed by atoms with E-state index in [1.807, 2.05) is 27.7 Å². The van der Waals surface area contributed by atoms with Crippen molar-refractivity contribution >= 4 is 11.4 Å². The molecular formula is C8H16O3S. The molecule has 0 atom stereocenters. The van der Waals surface area contributed by atoms with E-state index in [4.69, 9.17) is 8.37 Å². The maximum Gasteiger partial charge on any atom is 0.305 e. The average Bonchev–Trinajstić information content (AvgIpc) is 1.87. The molecule has 0 aromatic carbocycles. The van der Waals surface area contributed by atoms with E-state index in [9.17, 15) is 4.21 Å². The van der Waals surface area contributed by atoms with Crippen LogP contribution in [0.3, 0.4) is 0 Å². The molecule has 1 aliphatic rings. The van der Waals surface area contributed by atoms with E-state index in [0.717, 1.165) is 12.8 Å². The monoisotopic (exact) mass is 192 g/mol. The van der Waals surface area contributed by atoms with Crippen LogP contribution in [-0.4, -0.2) is 15.4 Å². The number of hydrogen-bond acceptors (Lipinski definition) is 3. The molecule has 0 radical (unpaired) electrons. The van der Waals surface area contributed by atoms with Crippen LogP contribution in [-0.2, 0) is 19.7 Å². The molecule has 1 heterocycles.